The number of fused-ring (bicyclic) bond motifs is 1. The lowest BCUT2D eigenvalue weighted by Crippen LogP contribution is -2.26. The summed E-state index contributed by atoms with van der Waals surface area (Å²) in [5.74, 6) is 0.755. The predicted molar refractivity (Wildman–Crippen MR) is 75.6 cm³/mol. The molecular weight excluding hydrogens is 254 g/mol. The number of hydrogen-bond donors (Lipinski definition) is 1. The molecule has 20 heavy (non-hydrogen) atoms. The molecule has 3 rings (SSSR count). The molecular formula is C14H19N5O. The molecule has 6 heteroatoms. The number of rotatable bonds is 3. The molecule has 1 N–H and O–H groups in total. The smallest absolute Gasteiger partial charge is 0.166 e. The van der Waals surface area contributed by atoms with Crippen molar-refractivity contribution < 1.29 is 4.74 Å². The van der Waals surface area contributed by atoms with Gasteiger partial charge >= 0.3 is 0 Å². The van der Waals surface area contributed by atoms with Gasteiger partial charge in [-0.15, -0.1) is 0 Å². The van der Waals surface area contributed by atoms with Crippen molar-refractivity contribution in [3.63, 3.8) is 0 Å². The third-order valence-electron chi connectivity index (χ3n) is 3.57. The van der Waals surface area contributed by atoms with E-state index in [-0.39, 0.29) is 6.04 Å². The SMILES string of the molecule is COc1cnn(C(C)C)c1-c1ncnc2c1CNCC2. The Morgan fingerprint density at radius 1 is 1.35 bits per heavy atom. The van der Waals surface area contributed by atoms with Gasteiger partial charge in [0.05, 0.1) is 19.0 Å². The highest BCUT2D eigenvalue weighted by Crippen LogP contribution is 2.33. The molecule has 0 unspecified atom stereocenters. The summed E-state index contributed by atoms with van der Waals surface area (Å²) in [6, 6.07) is 0.246. The van der Waals surface area contributed by atoms with Gasteiger partial charge in [-0.3, -0.25) is 4.68 Å². The van der Waals surface area contributed by atoms with Crippen LogP contribution in [0.5, 0.6) is 5.75 Å². The molecule has 0 spiro atoms. The van der Waals surface area contributed by atoms with Gasteiger partial charge in [0.1, 0.15) is 17.7 Å². The maximum absolute atomic E-state index is 5.46. The Bertz CT molecular complexity index is 620. The van der Waals surface area contributed by atoms with E-state index in [0.717, 1.165) is 47.9 Å². The lowest BCUT2D eigenvalue weighted by molar-refractivity contribution is 0.414. The summed E-state index contributed by atoms with van der Waals surface area (Å²) in [5, 5.41) is 7.80. The second-order valence-electron chi connectivity index (χ2n) is 5.17. The molecule has 0 fully saturated rings. The molecule has 1 aliphatic heterocycles. The van der Waals surface area contributed by atoms with Crippen molar-refractivity contribution in [3.8, 4) is 17.1 Å². The molecule has 0 aliphatic carbocycles. The fourth-order valence-corrected chi connectivity index (χ4v) is 2.59. The Kier molecular flexibility index (Phi) is 3.40. The van der Waals surface area contributed by atoms with E-state index < -0.39 is 0 Å². The number of nitrogens with one attached hydrogen (secondary N) is 1. The number of aromatic nitrogens is 4. The van der Waals surface area contributed by atoms with Crippen LogP contribution in [0.4, 0.5) is 0 Å². The lowest BCUT2D eigenvalue weighted by atomic mass is 10.0. The van der Waals surface area contributed by atoms with Crippen LogP contribution in [0, 0.1) is 0 Å². The number of hydrogen-bond acceptors (Lipinski definition) is 5. The van der Waals surface area contributed by atoms with E-state index in [2.05, 4.69) is 34.2 Å². The van der Waals surface area contributed by atoms with Gasteiger partial charge in [-0.2, -0.15) is 5.10 Å². The van der Waals surface area contributed by atoms with Gasteiger partial charge in [-0.05, 0) is 13.8 Å². The first-order valence-corrected chi connectivity index (χ1v) is 6.87. The van der Waals surface area contributed by atoms with Crippen LogP contribution >= 0.6 is 0 Å². The number of methoxy groups -OCH3 is 1. The first kappa shape index (κ1) is 13.1. The van der Waals surface area contributed by atoms with Gasteiger partial charge in [0.25, 0.3) is 0 Å². The van der Waals surface area contributed by atoms with E-state index >= 15 is 0 Å². The molecule has 0 bridgehead atoms. The minimum absolute atomic E-state index is 0.246. The molecule has 2 aromatic heterocycles. The number of nitrogens with zero attached hydrogens (tertiary/aromatic N) is 4. The van der Waals surface area contributed by atoms with E-state index in [9.17, 15) is 0 Å². The molecule has 3 heterocycles. The third-order valence-corrected chi connectivity index (χ3v) is 3.57. The van der Waals surface area contributed by atoms with Crippen molar-refractivity contribution >= 4 is 0 Å². The zero-order chi connectivity index (χ0) is 14.1. The van der Waals surface area contributed by atoms with E-state index in [4.69, 9.17) is 4.74 Å². The van der Waals surface area contributed by atoms with Crippen LogP contribution in [0.2, 0.25) is 0 Å². The van der Waals surface area contributed by atoms with Gasteiger partial charge in [0, 0.05) is 31.1 Å². The minimum atomic E-state index is 0.246. The van der Waals surface area contributed by atoms with Crippen molar-refractivity contribution in [1.29, 1.82) is 0 Å². The van der Waals surface area contributed by atoms with Crippen molar-refractivity contribution in [2.75, 3.05) is 13.7 Å². The van der Waals surface area contributed by atoms with E-state index in [1.807, 2.05) is 4.68 Å². The molecule has 0 aromatic carbocycles. The van der Waals surface area contributed by atoms with Gasteiger partial charge in [-0.25, -0.2) is 9.97 Å². The Morgan fingerprint density at radius 3 is 2.95 bits per heavy atom. The maximum Gasteiger partial charge on any atom is 0.166 e. The first-order chi connectivity index (χ1) is 9.72. The highest BCUT2D eigenvalue weighted by atomic mass is 16.5. The highest BCUT2D eigenvalue weighted by Gasteiger charge is 2.23. The number of ether oxygens (including phenoxy) is 1. The monoisotopic (exact) mass is 273 g/mol. The molecule has 1 aliphatic rings. The molecule has 0 atom stereocenters. The van der Waals surface area contributed by atoms with E-state index in [1.165, 1.54) is 0 Å². The minimum Gasteiger partial charge on any atom is -0.493 e. The normalized spacial score (nSPS) is 14.4. The average molecular weight is 273 g/mol. The Balaban J connectivity index is 2.20. The van der Waals surface area contributed by atoms with Crippen LogP contribution in [-0.2, 0) is 13.0 Å². The van der Waals surface area contributed by atoms with Crippen LogP contribution in [0.1, 0.15) is 31.1 Å². The standard InChI is InChI=1S/C14H19N5O/c1-9(2)19-14(12(20-3)7-18-19)13-10-6-15-5-4-11(10)16-8-17-13/h7-9,15H,4-6H2,1-3H3. The fourth-order valence-electron chi connectivity index (χ4n) is 2.59. The summed E-state index contributed by atoms with van der Waals surface area (Å²) in [6.45, 7) is 5.95. The van der Waals surface area contributed by atoms with E-state index in [0.29, 0.717) is 0 Å². The van der Waals surface area contributed by atoms with Crippen molar-refractivity contribution in [2.24, 2.45) is 0 Å². The highest BCUT2D eigenvalue weighted by molar-refractivity contribution is 5.67. The summed E-state index contributed by atoms with van der Waals surface area (Å²) in [4.78, 5) is 8.89. The summed E-state index contributed by atoms with van der Waals surface area (Å²) in [7, 11) is 1.66. The van der Waals surface area contributed by atoms with Gasteiger partial charge < -0.3 is 10.1 Å². The summed E-state index contributed by atoms with van der Waals surface area (Å²) >= 11 is 0. The first-order valence-electron chi connectivity index (χ1n) is 6.87. The van der Waals surface area contributed by atoms with Gasteiger partial charge in [-0.1, -0.05) is 0 Å². The second-order valence-corrected chi connectivity index (χ2v) is 5.17. The summed E-state index contributed by atoms with van der Waals surface area (Å²) < 4.78 is 7.41. The largest absolute Gasteiger partial charge is 0.493 e. The Morgan fingerprint density at radius 2 is 2.20 bits per heavy atom. The predicted octanol–water partition coefficient (Wildman–Crippen LogP) is 1.58. The lowest BCUT2D eigenvalue weighted by Gasteiger charge is -2.20. The maximum atomic E-state index is 5.46. The second kappa shape index (κ2) is 5.20. The molecule has 0 saturated heterocycles. The zero-order valence-corrected chi connectivity index (χ0v) is 12.1. The van der Waals surface area contributed by atoms with Crippen molar-refractivity contribution in [1.82, 2.24) is 25.1 Å². The van der Waals surface area contributed by atoms with E-state index in [1.54, 1.807) is 19.6 Å². The van der Waals surface area contributed by atoms with Crippen LogP contribution < -0.4 is 10.1 Å². The zero-order valence-electron chi connectivity index (χ0n) is 12.1. The van der Waals surface area contributed by atoms with Crippen molar-refractivity contribution in [2.45, 2.75) is 32.9 Å². The topological polar surface area (TPSA) is 64.9 Å². The Labute approximate surface area is 118 Å². The van der Waals surface area contributed by atoms with Crippen LogP contribution in [-0.4, -0.2) is 33.4 Å². The molecule has 0 saturated carbocycles. The molecule has 2 aromatic rings. The van der Waals surface area contributed by atoms with Crippen LogP contribution in [0.3, 0.4) is 0 Å². The van der Waals surface area contributed by atoms with Gasteiger partial charge in [0.15, 0.2) is 5.75 Å². The third kappa shape index (κ3) is 2.06. The summed E-state index contributed by atoms with van der Waals surface area (Å²) in [5.41, 5.74) is 4.13. The fraction of sp³-hybridized carbons (Fsp3) is 0.500. The molecule has 6 nitrogen and oxygen atoms in total. The van der Waals surface area contributed by atoms with Gasteiger partial charge in [0.2, 0.25) is 0 Å². The van der Waals surface area contributed by atoms with Crippen LogP contribution in [0.15, 0.2) is 12.5 Å². The van der Waals surface area contributed by atoms with Crippen molar-refractivity contribution in [3.05, 3.63) is 23.8 Å². The molecule has 0 amide bonds. The van der Waals surface area contributed by atoms with Crippen LogP contribution in [0.25, 0.3) is 11.4 Å². The average Bonchev–Trinajstić information content (AvgIpc) is 2.90. The summed E-state index contributed by atoms with van der Waals surface area (Å²) in [6.07, 6.45) is 4.32. The quantitative estimate of drug-likeness (QED) is 0.919. The Hall–Kier alpha value is -1.95. The molecule has 106 valence electrons. The molecule has 0 radical (unpaired) electrons.